The molecular weight excluding hydrogens is 342 g/mol. The fourth-order valence-corrected chi connectivity index (χ4v) is 2.57. The highest BCUT2D eigenvalue weighted by atomic mass is 32.1. The molecule has 25 heavy (non-hydrogen) atoms. The molecule has 0 aliphatic heterocycles. The first kappa shape index (κ1) is 18.5. The first-order valence-electron chi connectivity index (χ1n) is 7.59. The summed E-state index contributed by atoms with van der Waals surface area (Å²) in [5, 5.41) is 3.83. The number of aryl methyl sites for hydroxylation is 1. The van der Waals surface area contributed by atoms with Crippen LogP contribution in [-0.4, -0.2) is 30.2 Å². The van der Waals surface area contributed by atoms with Crippen LogP contribution < -0.4 is 5.32 Å². The lowest BCUT2D eigenvalue weighted by molar-refractivity contribution is -0.148. The number of carbonyl (C=O) groups is 4. The van der Waals surface area contributed by atoms with E-state index >= 15 is 0 Å². The van der Waals surface area contributed by atoms with Crippen LogP contribution in [0.15, 0.2) is 41.8 Å². The second-order valence-corrected chi connectivity index (χ2v) is 6.25. The topological polar surface area (TPSA) is 89.5 Å². The van der Waals surface area contributed by atoms with Crippen molar-refractivity contribution in [3.8, 4) is 0 Å². The normalized spacial score (nSPS) is 10.1. The Kier molecular flexibility index (Phi) is 6.59. The van der Waals surface area contributed by atoms with Crippen molar-refractivity contribution < 1.29 is 23.9 Å². The van der Waals surface area contributed by atoms with Gasteiger partial charge in [0, 0.05) is 12.0 Å². The van der Waals surface area contributed by atoms with Gasteiger partial charge in [0.2, 0.25) is 0 Å². The zero-order chi connectivity index (χ0) is 18.2. The summed E-state index contributed by atoms with van der Waals surface area (Å²) in [5.74, 6) is -2.09. The Balaban J connectivity index is 1.69. The molecule has 2 aromatic rings. The number of imide groups is 1. The van der Waals surface area contributed by atoms with Crippen molar-refractivity contribution in [3.05, 3.63) is 57.8 Å². The Labute approximate surface area is 148 Å². The zero-order valence-electron chi connectivity index (χ0n) is 13.6. The minimum absolute atomic E-state index is 0.00234. The number of hydrogen-bond donors (Lipinski definition) is 1. The monoisotopic (exact) mass is 359 g/mol. The number of rotatable bonds is 7. The minimum Gasteiger partial charge on any atom is -0.456 e. The minimum atomic E-state index is -0.711. The number of hydrogen-bond acceptors (Lipinski definition) is 6. The molecule has 0 unspecified atom stereocenters. The number of ether oxygens (including phenoxy) is 1. The summed E-state index contributed by atoms with van der Waals surface area (Å²) in [5.41, 5.74) is 1.57. The molecule has 7 heteroatoms. The number of ketones is 1. The summed E-state index contributed by atoms with van der Waals surface area (Å²) in [6.07, 6.45) is -0.128. The largest absolute Gasteiger partial charge is 0.456 e. The lowest BCUT2D eigenvalue weighted by Crippen LogP contribution is -2.33. The van der Waals surface area contributed by atoms with Gasteiger partial charge >= 0.3 is 5.97 Å². The zero-order valence-corrected chi connectivity index (χ0v) is 14.4. The average Bonchev–Trinajstić information content (AvgIpc) is 3.13. The smallest absolute Gasteiger partial charge is 0.306 e. The van der Waals surface area contributed by atoms with Crippen LogP contribution in [0.2, 0.25) is 0 Å². The van der Waals surface area contributed by atoms with Crippen LogP contribution in [0.3, 0.4) is 0 Å². The molecule has 0 bridgehead atoms. The SMILES string of the molecule is Cc1ccc(C(=O)CCC(=O)OCC(=O)NC(=O)c2cccs2)cc1. The molecule has 0 radical (unpaired) electrons. The number of benzene rings is 1. The van der Waals surface area contributed by atoms with Gasteiger partial charge in [-0.15, -0.1) is 11.3 Å². The number of esters is 1. The van der Waals surface area contributed by atoms with E-state index in [2.05, 4.69) is 5.32 Å². The van der Waals surface area contributed by atoms with Crippen LogP contribution >= 0.6 is 11.3 Å². The predicted molar refractivity (Wildman–Crippen MR) is 92.5 cm³/mol. The van der Waals surface area contributed by atoms with Crippen molar-refractivity contribution in [2.45, 2.75) is 19.8 Å². The summed E-state index contributed by atoms with van der Waals surface area (Å²) in [6.45, 7) is 1.36. The summed E-state index contributed by atoms with van der Waals surface area (Å²) in [4.78, 5) is 47.2. The van der Waals surface area contributed by atoms with E-state index in [0.717, 1.165) is 5.56 Å². The quantitative estimate of drug-likeness (QED) is 0.606. The maximum absolute atomic E-state index is 11.9. The Hall–Kier alpha value is -2.80. The van der Waals surface area contributed by atoms with Gasteiger partial charge in [-0.1, -0.05) is 35.9 Å². The van der Waals surface area contributed by atoms with Gasteiger partial charge in [-0.2, -0.15) is 0 Å². The van der Waals surface area contributed by atoms with Crippen LogP contribution in [0.1, 0.15) is 38.4 Å². The van der Waals surface area contributed by atoms with E-state index in [-0.39, 0.29) is 18.6 Å². The fraction of sp³-hybridized carbons (Fsp3) is 0.222. The van der Waals surface area contributed by atoms with E-state index < -0.39 is 24.4 Å². The summed E-state index contributed by atoms with van der Waals surface area (Å²) in [6, 6.07) is 10.3. The second kappa shape index (κ2) is 8.89. The van der Waals surface area contributed by atoms with Gasteiger partial charge in [0.05, 0.1) is 11.3 Å². The van der Waals surface area contributed by atoms with Crippen molar-refractivity contribution in [2.24, 2.45) is 0 Å². The highest BCUT2D eigenvalue weighted by molar-refractivity contribution is 7.12. The number of carbonyl (C=O) groups excluding carboxylic acids is 4. The second-order valence-electron chi connectivity index (χ2n) is 5.30. The molecule has 0 spiro atoms. The standard InChI is InChI=1S/C18H17NO5S/c1-12-4-6-13(7-5-12)14(20)8-9-17(22)24-11-16(21)19-18(23)15-3-2-10-25-15/h2-7,10H,8-9,11H2,1H3,(H,19,21,23). The Morgan fingerprint density at radius 1 is 1.04 bits per heavy atom. The lowest BCUT2D eigenvalue weighted by Gasteiger charge is -2.05. The molecule has 0 aliphatic rings. The van der Waals surface area contributed by atoms with E-state index in [1.807, 2.05) is 19.1 Å². The molecule has 130 valence electrons. The van der Waals surface area contributed by atoms with Crippen molar-refractivity contribution >= 4 is 34.9 Å². The van der Waals surface area contributed by atoms with Crippen LogP contribution in [0.4, 0.5) is 0 Å². The Bertz CT molecular complexity index is 765. The Morgan fingerprint density at radius 2 is 1.76 bits per heavy atom. The van der Waals surface area contributed by atoms with Crippen LogP contribution in [0, 0.1) is 6.92 Å². The molecule has 0 fully saturated rings. The average molecular weight is 359 g/mol. The molecule has 1 heterocycles. The molecule has 0 atom stereocenters. The third-order valence-corrected chi connectivity index (χ3v) is 4.16. The molecular formula is C18H17NO5S. The van der Waals surface area contributed by atoms with Gasteiger partial charge in [-0.3, -0.25) is 24.5 Å². The lowest BCUT2D eigenvalue weighted by atomic mass is 10.1. The third kappa shape index (κ3) is 5.96. The van der Waals surface area contributed by atoms with E-state index in [0.29, 0.717) is 10.4 Å². The van der Waals surface area contributed by atoms with Crippen molar-refractivity contribution in [2.75, 3.05) is 6.61 Å². The van der Waals surface area contributed by atoms with Crippen molar-refractivity contribution in [1.82, 2.24) is 5.32 Å². The molecule has 2 amide bonds. The van der Waals surface area contributed by atoms with Gasteiger partial charge in [0.1, 0.15) is 0 Å². The van der Waals surface area contributed by atoms with E-state index in [9.17, 15) is 19.2 Å². The summed E-state index contributed by atoms with van der Waals surface area (Å²) >= 11 is 1.20. The van der Waals surface area contributed by atoms with E-state index in [4.69, 9.17) is 4.74 Å². The molecule has 6 nitrogen and oxygen atoms in total. The summed E-state index contributed by atoms with van der Waals surface area (Å²) in [7, 11) is 0. The molecule has 0 aliphatic carbocycles. The number of amides is 2. The van der Waals surface area contributed by atoms with Gasteiger partial charge in [0.25, 0.3) is 11.8 Å². The molecule has 1 aromatic carbocycles. The predicted octanol–water partition coefficient (Wildman–Crippen LogP) is 2.52. The number of Topliss-reactive ketones (excluding diaryl/α,β-unsaturated/α-hetero) is 1. The van der Waals surface area contributed by atoms with Gasteiger partial charge < -0.3 is 4.74 Å². The highest BCUT2D eigenvalue weighted by Crippen LogP contribution is 2.09. The number of nitrogens with one attached hydrogen (secondary N) is 1. The van der Waals surface area contributed by atoms with Crippen molar-refractivity contribution in [3.63, 3.8) is 0 Å². The maximum atomic E-state index is 11.9. The van der Waals surface area contributed by atoms with Gasteiger partial charge in [-0.05, 0) is 18.4 Å². The van der Waals surface area contributed by atoms with Gasteiger partial charge in [0.15, 0.2) is 12.4 Å². The van der Waals surface area contributed by atoms with Crippen molar-refractivity contribution in [1.29, 1.82) is 0 Å². The van der Waals surface area contributed by atoms with E-state index in [1.165, 1.54) is 11.3 Å². The van der Waals surface area contributed by atoms with E-state index in [1.54, 1.807) is 29.6 Å². The van der Waals surface area contributed by atoms with Crippen LogP contribution in [0.5, 0.6) is 0 Å². The first-order valence-corrected chi connectivity index (χ1v) is 8.47. The molecule has 2 rings (SSSR count). The van der Waals surface area contributed by atoms with Crippen LogP contribution in [-0.2, 0) is 14.3 Å². The third-order valence-electron chi connectivity index (χ3n) is 3.29. The molecule has 0 saturated carbocycles. The maximum Gasteiger partial charge on any atom is 0.306 e. The molecule has 1 N–H and O–H groups in total. The van der Waals surface area contributed by atoms with Gasteiger partial charge in [-0.25, -0.2) is 0 Å². The fourth-order valence-electron chi connectivity index (χ4n) is 1.95. The molecule has 1 aromatic heterocycles. The summed E-state index contributed by atoms with van der Waals surface area (Å²) < 4.78 is 4.78. The highest BCUT2D eigenvalue weighted by Gasteiger charge is 2.14. The van der Waals surface area contributed by atoms with Crippen LogP contribution in [0.25, 0.3) is 0 Å². The number of thiophene rings is 1. The molecule has 0 saturated heterocycles. The Morgan fingerprint density at radius 3 is 2.40 bits per heavy atom. The first-order chi connectivity index (χ1) is 12.0.